The Balaban J connectivity index is 1.58. The first-order valence-corrected chi connectivity index (χ1v) is 11.3. The van der Waals surface area contributed by atoms with E-state index >= 15 is 0 Å². The Morgan fingerprint density at radius 1 is 1.31 bits per heavy atom. The van der Waals surface area contributed by atoms with E-state index in [1.807, 2.05) is 0 Å². The lowest BCUT2D eigenvalue weighted by molar-refractivity contribution is 0.0953. The van der Waals surface area contributed by atoms with E-state index in [4.69, 9.17) is 4.74 Å². The third-order valence-electron chi connectivity index (χ3n) is 4.40. The molecule has 1 aliphatic heterocycles. The molecule has 1 fully saturated rings. The van der Waals surface area contributed by atoms with Gasteiger partial charge in [0, 0.05) is 32.7 Å². The fourth-order valence-electron chi connectivity index (χ4n) is 3.05. The standard InChI is InChI=1S/C19H20BrN3OS2/c1-13-9-15(12-25-13)18-21-22-19(23(18)10-17-3-2-8-24-17)26-11-14-4-6-16(20)7-5-14/h4-7,9,12,17H,2-3,8,10-11H2,1H3. The van der Waals surface area contributed by atoms with Gasteiger partial charge in [-0.15, -0.1) is 21.5 Å². The van der Waals surface area contributed by atoms with Gasteiger partial charge in [-0.2, -0.15) is 0 Å². The second-order valence-corrected chi connectivity index (χ2v) is 9.39. The van der Waals surface area contributed by atoms with Gasteiger partial charge in [0.1, 0.15) is 0 Å². The molecular formula is C19H20BrN3OS2. The molecular weight excluding hydrogens is 430 g/mol. The van der Waals surface area contributed by atoms with E-state index in [2.05, 4.69) is 73.3 Å². The molecule has 7 heteroatoms. The van der Waals surface area contributed by atoms with Crippen molar-refractivity contribution < 1.29 is 4.74 Å². The first-order valence-electron chi connectivity index (χ1n) is 8.66. The summed E-state index contributed by atoms with van der Waals surface area (Å²) in [5, 5.41) is 12.1. The minimum atomic E-state index is 0.261. The quantitative estimate of drug-likeness (QED) is 0.462. The number of thioether (sulfide) groups is 1. The molecule has 0 aliphatic carbocycles. The zero-order valence-electron chi connectivity index (χ0n) is 14.5. The van der Waals surface area contributed by atoms with Crippen molar-refractivity contribution in [2.75, 3.05) is 6.61 Å². The molecule has 0 N–H and O–H groups in total. The van der Waals surface area contributed by atoms with Gasteiger partial charge in [-0.1, -0.05) is 39.8 Å². The number of halogens is 1. The average Bonchev–Trinajstić information content (AvgIpc) is 3.37. The number of hydrogen-bond acceptors (Lipinski definition) is 5. The predicted octanol–water partition coefficient (Wildman–Crippen LogP) is 5.55. The molecule has 0 bridgehead atoms. The van der Waals surface area contributed by atoms with Crippen LogP contribution in [0.25, 0.3) is 11.4 Å². The van der Waals surface area contributed by atoms with Crippen molar-refractivity contribution in [2.24, 2.45) is 0 Å². The van der Waals surface area contributed by atoms with Crippen LogP contribution in [-0.4, -0.2) is 27.5 Å². The molecule has 4 rings (SSSR count). The highest BCUT2D eigenvalue weighted by Crippen LogP contribution is 2.30. The van der Waals surface area contributed by atoms with E-state index in [-0.39, 0.29) is 6.10 Å². The average molecular weight is 450 g/mol. The summed E-state index contributed by atoms with van der Waals surface area (Å²) >= 11 is 6.97. The summed E-state index contributed by atoms with van der Waals surface area (Å²) in [6.07, 6.45) is 2.51. The van der Waals surface area contributed by atoms with Crippen LogP contribution in [0.3, 0.4) is 0 Å². The molecule has 3 aromatic rings. The predicted molar refractivity (Wildman–Crippen MR) is 111 cm³/mol. The van der Waals surface area contributed by atoms with Gasteiger partial charge in [-0.05, 0) is 43.5 Å². The fraction of sp³-hybridized carbons (Fsp3) is 0.368. The molecule has 136 valence electrons. The largest absolute Gasteiger partial charge is 0.376 e. The molecule has 1 aromatic carbocycles. The Labute approximate surface area is 170 Å². The van der Waals surface area contributed by atoms with Crippen LogP contribution >= 0.6 is 39.0 Å². The summed E-state index contributed by atoms with van der Waals surface area (Å²) < 4.78 is 9.20. The number of hydrogen-bond donors (Lipinski definition) is 0. The van der Waals surface area contributed by atoms with E-state index in [9.17, 15) is 0 Å². The summed E-state index contributed by atoms with van der Waals surface area (Å²) in [5.41, 5.74) is 2.42. The minimum absolute atomic E-state index is 0.261. The molecule has 0 saturated carbocycles. The van der Waals surface area contributed by atoms with Crippen molar-refractivity contribution in [1.29, 1.82) is 0 Å². The zero-order chi connectivity index (χ0) is 17.9. The maximum absolute atomic E-state index is 5.87. The van der Waals surface area contributed by atoms with Gasteiger partial charge in [0.05, 0.1) is 12.6 Å². The Morgan fingerprint density at radius 3 is 2.85 bits per heavy atom. The molecule has 1 unspecified atom stereocenters. The van der Waals surface area contributed by atoms with Gasteiger partial charge in [0.15, 0.2) is 11.0 Å². The summed E-state index contributed by atoms with van der Waals surface area (Å²) in [4.78, 5) is 1.29. The monoisotopic (exact) mass is 449 g/mol. The van der Waals surface area contributed by atoms with Gasteiger partial charge in [0.2, 0.25) is 0 Å². The van der Waals surface area contributed by atoms with Crippen LogP contribution in [0.4, 0.5) is 0 Å². The maximum Gasteiger partial charge on any atom is 0.191 e. The normalized spacial score (nSPS) is 17.1. The molecule has 26 heavy (non-hydrogen) atoms. The Hall–Kier alpha value is -1.15. The number of ether oxygens (including phenoxy) is 1. The van der Waals surface area contributed by atoms with Gasteiger partial charge >= 0.3 is 0 Å². The van der Waals surface area contributed by atoms with Gasteiger partial charge < -0.3 is 4.74 Å². The van der Waals surface area contributed by atoms with Crippen LogP contribution in [0, 0.1) is 6.92 Å². The Bertz CT molecular complexity index is 869. The van der Waals surface area contributed by atoms with Crippen LogP contribution in [0.15, 0.2) is 45.3 Å². The fourth-order valence-corrected chi connectivity index (χ4v) is 4.90. The summed E-state index contributed by atoms with van der Waals surface area (Å²) in [6.45, 7) is 3.80. The first kappa shape index (κ1) is 18.2. The molecule has 0 radical (unpaired) electrons. The van der Waals surface area contributed by atoms with Gasteiger partial charge in [-0.25, -0.2) is 0 Å². The van der Waals surface area contributed by atoms with Crippen LogP contribution in [0.2, 0.25) is 0 Å². The van der Waals surface area contributed by atoms with E-state index in [1.165, 1.54) is 10.4 Å². The molecule has 0 spiro atoms. The van der Waals surface area contributed by atoms with Gasteiger partial charge in [0.25, 0.3) is 0 Å². The van der Waals surface area contributed by atoms with E-state index in [0.717, 1.165) is 52.8 Å². The highest BCUT2D eigenvalue weighted by molar-refractivity contribution is 9.10. The minimum Gasteiger partial charge on any atom is -0.376 e. The summed E-state index contributed by atoms with van der Waals surface area (Å²) in [5.74, 6) is 1.82. The molecule has 2 aromatic heterocycles. The van der Waals surface area contributed by atoms with Crippen molar-refractivity contribution in [2.45, 2.75) is 43.3 Å². The van der Waals surface area contributed by atoms with Crippen molar-refractivity contribution in [3.8, 4) is 11.4 Å². The van der Waals surface area contributed by atoms with Crippen molar-refractivity contribution in [3.05, 3.63) is 50.6 Å². The van der Waals surface area contributed by atoms with Crippen LogP contribution in [0.1, 0.15) is 23.3 Å². The molecule has 1 saturated heterocycles. The lowest BCUT2D eigenvalue weighted by Crippen LogP contribution is -2.16. The number of thiophene rings is 1. The number of aromatic nitrogens is 3. The topological polar surface area (TPSA) is 39.9 Å². The van der Waals surface area contributed by atoms with Crippen molar-refractivity contribution in [3.63, 3.8) is 0 Å². The number of rotatable bonds is 6. The molecule has 1 aliphatic rings. The van der Waals surface area contributed by atoms with Gasteiger partial charge in [-0.3, -0.25) is 4.57 Å². The number of nitrogens with zero attached hydrogens (tertiary/aromatic N) is 3. The van der Waals surface area contributed by atoms with E-state index in [0.29, 0.717) is 0 Å². The molecule has 3 heterocycles. The van der Waals surface area contributed by atoms with Crippen molar-refractivity contribution >= 4 is 39.0 Å². The molecule has 0 amide bonds. The van der Waals surface area contributed by atoms with Crippen LogP contribution < -0.4 is 0 Å². The highest BCUT2D eigenvalue weighted by atomic mass is 79.9. The Morgan fingerprint density at radius 2 is 2.15 bits per heavy atom. The lowest BCUT2D eigenvalue weighted by atomic mass is 10.2. The zero-order valence-corrected chi connectivity index (χ0v) is 17.7. The van der Waals surface area contributed by atoms with Crippen LogP contribution in [0.5, 0.6) is 0 Å². The van der Waals surface area contributed by atoms with E-state index < -0.39 is 0 Å². The summed E-state index contributed by atoms with van der Waals surface area (Å²) in [7, 11) is 0. The number of aryl methyl sites for hydroxylation is 1. The SMILES string of the molecule is Cc1cc(-c2nnc(SCc3ccc(Br)cc3)n2CC2CCCO2)cs1. The summed E-state index contributed by atoms with van der Waals surface area (Å²) in [6, 6.07) is 10.6. The third kappa shape index (κ3) is 4.22. The second kappa shape index (κ2) is 8.25. The van der Waals surface area contributed by atoms with E-state index in [1.54, 1.807) is 23.1 Å². The first-order chi connectivity index (χ1) is 12.7. The molecule has 1 atom stereocenters. The van der Waals surface area contributed by atoms with Crippen LogP contribution in [-0.2, 0) is 17.0 Å². The number of benzene rings is 1. The highest BCUT2D eigenvalue weighted by Gasteiger charge is 2.22. The third-order valence-corrected chi connectivity index (χ3v) is 6.82. The Kier molecular flexibility index (Phi) is 5.78. The maximum atomic E-state index is 5.87. The lowest BCUT2D eigenvalue weighted by Gasteiger charge is -2.14. The van der Waals surface area contributed by atoms with Crippen molar-refractivity contribution in [1.82, 2.24) is 14.8 Å². The second-order valence-electron chi connectivity index (χ2n) is 6.41. The molecule has 4 nitrogen and oxygen atoms in total. The smallest absolute Gasteiger partial charge is 0.191 e.